The minimum absolute atomic E-state index is 0.277. The number of nitrogens with zero attached hydrogens (tertiary/aromatic N) is 1. The number of nitrogen functional groups attached to an aromatic ring is 1. The van der Waals surface area contributed by atoms with E-state index in [0.717, 1.165) is 43.1 Å². The summed E-state index contributed by atoms with van der Waals surface area (Å²) < 4.78 is 5.22. The van der Waals surface area contributed by atoms with Gasteiger partial charge < -0.3 is 20.5 Å². The van der Waals surface area contributed by atoms with Gasteiger partial charge in [0.15, 0.2) is 0 Å². The molecule has 0 bridgehead atoms. The first kappa shape index (κ1) is 12.0. The van der Waals surface area contributed by atoms with Crippen molar-refractivity contribution in [3.63, 3.8) is 0 Å². The Labute approximate surface area is 102 Å². The molecule has 1 fully saturated rings. The summed E-state index contributed by atoms with van der Waals surface area (Å²) in [6.45, 7) is 2.29. The summed E-state index contributed by atoms with van der Waals surface area (Å²) in [5.41, 5.74) is 7.69. The lowest BCUT2D eigenvalue weighted by Gasteiger charge is -2.20. The molecule has 17 heavy (non-hydrogen) atoms. The normalized spacial score (nSPS) is 19.6. The first-order chi connectivity index (χ1) is 8.22. The minimum atomic E-state index is 0.277. The molecule has 1 aliphatic rings. The fraction of sp³-hybridized carbons (Fsp3) is 0.538. The molecular weight excluding hydrogens is 216 g/mol. The Morgan fingerprint density at radius 2 is 2.29 bits per heavy atom. The van der Waals surface area contributed by atoms with Crippen LogP contribution in [-0.2, 0) is 0 Å². The second-order valence-electron chi connectivity index (χ2n) is 4.58. The van der Waals surface area contributed by atoms with Gasteiger partial charge >= 0.3 is 0 Å². The van der Waals surface area contributed by atoms with E-state index in [4.69, 9.17) is 15.6 Å². The van der Waals surface area contributed by atoms with Crippen LogP contribution in [-0.4, -0.2) is 31.9 Å². The second kappa shape index (κ2) is 5.27. The summed E-state index contributed by atoms with van der Waals surface area (Å²) in [4.78, 5) is 2.30. The molecule has 0 amide bonds. The maximum absolute atomic E-state index is 8.95. The van der Waals surface area contributed by atoms with Gasteiger partial charge in [-0.25, -0.2) is 0 Å². The average Bonchev–Trinajstić information content (AvgIpc) is 2.77. The summed E-state index contributed by atoms with van der Waals surface area (Å²) in [6.07, 6.45) is 2.02. The molecular formula is C13H20N2O2. The molecule has 1 heterocycles. The lowest BCUT2D eigenvalue weighted by Crippen LogP contribution is -2.20. The van der Waals surface area contributed by atoms with E-state index in [1.165, 1.54) is 0 Å². The highest BCUT2D eigenvalue weighted by Crippen LogP contribution is 2.30. The molecule has 2 rings (SSSR count). The third-order valence-corrected chi connectivity index (χ3v) is 3.34. The van der Waals surface area contributed by atoms with E-state index in [2.05, 4.69) is 4.90 Å². The first-order valence-corrected chi connectivity index (χ1v) is 6.03. The van der Waals surface area contributed by atoms with Crippen molar-refractivity contribution in [2.45, 2.75) is 12.8 Å². The molecule has 1 aromatic rings. The molecule has 0 saturated carbocycles. The number of anilines is 2. The van der Waals surface area contributed by atoms with Crippen LogP contribution in [0.15, 0.2) is 18.2 Å². The van der Waals surface area contributed by atoms with Crippen molar-refractivity contribution in [2.75, 3.05) is 37.4 Å². The molecule has 0 aromatic heterocycles. The maximum Gasteiger partial charge on any atom is 0.122 e. The number of hydrogen-bond acceptors (Lipinski definition) is 4. The molecule has 4 nitrogen and oxygen atoms in total. The highest BCUT2D eigenvalue weighted by molar-refractivity contribution is 5.61. The molecule has 4 heteroatoms. The number of benzene rings is 1. The molecule has 94 valence electrons. The number of rotatable bonds is 4. The summed E-state index contributed by atoms with van der Waals surface area (Å²) in [6, 6.07) is 5.81. The van der Waals surface area contributed by atoms with Gasteiger partial charge in [-0.05, 0) is 24.8 Å². The Morgan fingerprint density at radius 1 is 1.47 bits per heavy atom. The fourth-order valence-corrected chi connectivity index (χ4v) is 2.39. The predicted octanol–water partition coefficient (Wildman–Crippen LogP) is 1.49. The number of methoxy groups -OCH3 is 1. The minimum Gasteiger partial charge on any atom is -0.497 e. The van der Waals surface area contributed by atoms with E-state index in [-0.39, 0.29) is 6.61 Å². The smallest absolute Gasteiger partial charge is 0.122 e. The third-order valence-electron chi connectivity index (χ3n) is 3.34. The standard InChI is InChI=1S/C13H20N2O2/c1-17-13-7-11(14)6-12(8-13)15-4-2-10(9-15)3-5-16/h6-8,10,16H,2-5,9,14H2,1H3. The SMILES string of the molecule is COc1cc(N)cc(N2CCC(CCO)C2)c1. The largest absolute Gasteiger partial charge is 0.497 e. The number of ether oxygens (including phenoxy) is 1. The maximum atomic E-state index is 8.95. The zero-order valence-electron chi connectivity index (χ0n) is 10.2. The van der Waals surface area contributed by atoms with Crippen LogP contribution in [0.25, 0.3) is 0 Å². The van der Waals surface area contributed by atoms with Crippen molar-refractivity contribution in [1.29, 1.82) is 0 Å². The molecule has 1 aliphatic heterocycles. The summed E-state index contributed by atoms with van der Waals surface area (Å²) in [5, 5.41) is 8.95. The fourth-order valence-electron chi connectivity index (χ4n) is 2.39. The van der Waals surface area contributed by atoms with Crippen molar-refractivity contribution >= 4 is 11.4 Å². The van der Waals surface area contributed by atoms with Crippen LogP contribution in [0.2, 0.25) is 0 Å². The van der Waals surface area contributed by atoms with Gasteiger partial charge in [-0.15, -0.1) is 0 Å². The van der Waals surface area contributed by atoms with E-state index in [1.807, 2.05) is 18.2 Å². The Kier molecular flexibility index (Phi) is 3.74. The monoisotopic (exact) mass is 236 g/mol. The van der Waals surface area contributed by atoms with Gasteiger partial charge in [0.1, 0.15) is 5.75 Å². The van der Waals surface area contributed by atoms with Crippen LogP contribution in [0.5, 0.6) is 5.75 Å². The number of aliphatic hydroxyl groups is 1. The van der Waals surface area contributed by atoms with Crippen LogP contribution in [0.3, 0.4) is 0 Å². The molecule has 0 spiro atoms. The van der Waals surface area contributed by atoms with Crippen molar-refractivity contribution in [1.82, 2.24) is 0 Å². The number of aliphatic hydroxyl groups excluding tert-OH is 1. The zero-order valence-corrected chi connectivity index (χ0v) is 10.2. The molecule has 1 atom stereocenters. The van der Waals surface area contributed by atoms with Crippen LogP contribution in [0.4, 0.5) is 11.4 Å². The highest BCUT2D eigenvalue weighted by atomic mass is 16.5. The van der Waals surface area contributed by atoms with Gasteiger partial charge in [0.05, 0.1) is 7.11 Å². The zero-order chi connectivity index (χ0) is 12.3. The van der Waals surface area contributed by atoms with E-state index < -0.39 is 0 Å². The average molecular weight is 236 g/mol. The molecule has 0 radical (unpaired) electrons. The topological polar surface area (TPSA) is 58.7 Å². The Balaban J connectivity index is 2.10. The van der Waals surface area contributed by atoms with E-state index in [9.17, 15) is 0 Å². The summed E-state index contributed by atoms with van der Waals surface area (Å²) >= 11 is 0. The van der Waals surface area contributed by atoms with Crippen LogP contribution in [0, 0.1) is 5.92 Å². The number of nitrogens with two attached hydrogens (primary N) is 1. The van der Waals surface area contributed by atoms with Gasteiger partial charge in [0, 0.05) is 43.2 Å². The van der Waals surface area contributed by atoms with E-state index in [0.29, 0.717) is 5.92 Å². The van der Waals surface area contributed by atoms with Gasteiger partial charge in [0.2, 0.25) is 0 Å². The van der Waals surface area contributed by atoms with E-state index in [1.54, 1.807) is 7.11 Å². The number of hydrogen-bond donors (Lipinski definition) is 2. The lowest BCUT2D eigenvalue weighted by molar-refractivity contribution is 0.263. The summed E-state index contributed by atoms with van der Waals surface area (Å²) in [5.74, 6) is 1.39. The Bertz CT molecular complexity index is 382. The second-order valence-corrected chi connectivity index (χ2v) is 4.58. The molecule has 0 aliphatic carbocycles. The Morgan fingerprint density at radius 3 is 3.00 bits per heavy atom. The van der Waals surface area contributed by atoms with Gasteiger partial charge in [-0.1, -0.05) is 0 Å². The van der Waals surface area contributed by atoms with Crippen molar-refractivity contribution < 1.29 is 9.84 Å². The van der Waals surface area contributed by atoms with Crippen molar-refractivity contribution in [3.8, 4) is 5.75 Å². The Hall–Kier alpha value is -1.42. The van der Waals surface area contributed by atoms with Crippen molar-refractivity contribution in [2.24, 2.45) is 5.92 Å². The summed E-state index contributed by atoms with van der Waals surface area (Å²) in [7, 11) is 1.65. The van der Waals surface area contributed by atoms with Crippen LogP contribution >= 0.6 is 0 Å². The third kappa shape index (κ3) is 2.82. The molecule has 1 aromatic carbocycles. The van der Waals surface area contributed by atoms with Gasteiger partial charge in [0.25, 0.3) is 0 Å². The lowest BCUT2D eigenvalue weighted by atomic mass is 10.1. The predicted molar refractivity (Wildman–Crippen MR) is 69.4 cm³/mol. The van der Waals surface area contributed by atoms with Gasteiger partial charge in [-0.2, -0.15) is 0 Å². The highest BCUT2D eigenvalue weighted by Gasteiger charge is 2.22. The van der Waals surface area contributed by atoms with Crippen LogP contribution < -0.4 is 15.4 Å². The molecule has 3 N–H and O–H groups in total. The van der Waals surface area contributed by atoms with Gasteiger partial charge in [-0.3, -0.25) is 0 Å². The quantitative estimate of drug-likeness (QED) is 0.778. The molecule has 1 saturated heterocycles. The van der Waals surface area contributed by atoms with E-state index >= 15 is 0 Å². The van der Waals surface area contributed by atoms with Crippen LogP contribution in [0.1, 0.15) is 12.8 Å². The van der Waals surface area contributed by atoms with Crippen molar-refractivity contribution in [3.05, 3.63) is 18.2 Å². The first-order valence-electron chi connectivity index (χ1n) is 6.03. The molecule has 1 unspecified atom stereocenters.